The van der Waals surface area contributed by atoms with E-state index in [9.17, 15) is 22.8 Å². The highest BCUT2D eigenvalue weighted by molar-refractivity contribution is 7.13. The third-order valence-corrected chi connectivity index (χ3v) is 6.88. The van der Waals surface area contributed by atoms with Gasteiger partial charge >= 0.3 is 6.18 Å². The number of hydrogen-bond acceptors (Lipinski definition) is 7. The first-order valence-electron chi connectivity index (χ1n) is 10.2. The largest absolute Gasteiger partial charge is 0.417 e. The Morgan fingerprint density at radius 1 is 1.17 bits per heavy atom. The van der Waals surface area contributed by atoms with Crippen LogP contribution in [0, 0.1) is 0 Å². The topological polar surface area (TPSA) is 114 Å². The number of aromatic nitrogens is 5. The van der Waals surface area contributed by atoms with E-state index in [1.54, 1.807) is 13.1 Å². The van der Waals surface area contributed by atoms with E-state index in [2.05, 4.69) is 30.2 Å². The molecule has 0 unspecified atom stereocenters. The van der Waals surface area contributed by atoms with Crippen molar-refractivity contribution in [3.63, 3.8) is 0 Å². The van der Waals surface area contributed by atoms with Crippen LogP contribution in [0.5, 0.6) is 0 Å². The van der Waals surface area contributed by atoms with Gasteiger partial charge in [-0.1, -0.05) is 30.1 Å². The number of ketones is 1. The number of alkyl halides is 3. The highest BCUT2D eigenvalue weighted by Gasteiger charge is 2.33. The quantitative estimate of drug-likeness (QED) is 0.260. The minimum atomic E-state index is -4.66. The third-order valence-electron chi connectivity index (χ3n) is 4.97. The van der Waals surface area contributed by atoms with E-state index in [-0.39, 0.29) is 39.2 Å². The molecule has 1 amide bonds. The number of rotatable bonds is 7. The highest BCUT2D eigenvalue weighted by Crippen LogP contribution is 2.36. The zero-order valence-corrected chi connectivity index (χ0v) is 20.6. The first-order chi connectivity index (χ1) is 17.0. The Balaban J connectivity index is 1.45. The lowest BCUT2D eigenvalue weighted by atomic mass is 10.0. The van der Waals surface area contributed by atoms with Gasteiger partial charge in [-0.2, -0.15) is 13.2 Å². The molecule has 0 radical (unpaired) electrons. The van der Waals surface area contributed by atoms with E-state index in [0.717, 1.165) is 23.5 Å². The van der Waals surface area contributed by atoms with Gasteiger partial charge in [0.25, 0.3) is 5.91 Å². The molecule has 2 N–H and O–H groups in total. The minimum Gasteiger partial charge on any atom is -0.343 e. The Kier molecular flexibility index (Phi) is 7.38. The maximum absolute atomic E-state index is 13.1. The van der Waals surface area contributed by atoms with Crippen LogP contribution >= 0.6 is 34.5 Å². The molecule has 4 aromatic rings. The molecule has 0 aliphatic rings. The second-order valence-electron chi connectivity index (χ2n) is 7.56. The van der Waals surface area contributed by atoms with Gasteiger partial charge in [0, 0.05) is 30.4 Å². The molecule has 3 heterocycles. The molecule has 0 aliphatic heterocycles. The zero-order chi connectivity index (χ0) is 26.0. The highest BCUT2D eigenvalue weighted by atomic mass is 35.5. The average molecular weight is 555 g/mol. The zero-order valence-electron chi connectivity index (χ0n) is 18.2. The number of aromatic amines is 1. The van der Waals surface area contributed by atoms with Crippen molar-refractivity contribution in [2.45, 2.75) is 25.4 Å². The Hall–Kier alpha value is -3.35. The number of anilines is 1. The maximum Gasteiger partial charge on any atom is 0.417 e. The van der Waals surface area contributed by atoms with Crippen LogP contribution in [0.1, 0.15) is 50.0 Å². The molecule has 0 aliphatic carbocycles. The summed E-state index contributed by atoms with van der Waals surface area (Å²) in [5, 5.41) is 2.48. The van der Waals surface area contributed by atoms with Crippen molar-refractivity contribution >= 4 is 51.9 Å². The predicted molar refractivity (Wildman–Crippen MR) is 129 cm³/mol. The summed E-state index contributed by atoms with van der Waals surface area (Å²) in [5.41, 5.74) is -0.808. The monoisotopic (exact) mass is 554 g/mol. The molecule has 14 heteroatoms. The molecule has 4 rings (SSSR count). The Morgan fingerprint density at radius 3 is 2.64 bits per heavy atom. The summed E-state index contributed by atoms with van der Waals surface area (Å²) in [6.07, 6.45) is 0.960. The fourth-order valence-corrected chi connectivity index (χ4v) is 4.60. The number of benzene rings is 1. The van der Waals surface area contributed by atoms with E-state index in [1.165, 1.54) is 24.8 Å². The lowest BCUT2D eigenvalue weighted by Gasteiger charge is -2.11. The first kappa shape index (κ1) is 25.7. The second kappa shape index (κ2) is 10.3. The summed E-state index contributed by atoms with van der Waals surface area (Å²) >= 11 is 13.0. The van der Waals surface area contributed by atoms with Gasteiger partial charge in [-0.25, -0.2) is 19.9 Å². The number of carbonyl (C=O) groups excluding carboxylic acids is 2. The van der Waals surface area contributed by atoms with E-state index in [0.29, 0.717) is 10.8 Å². The number of nitrogens with zero attached hydrogens (tertiary/aromatic N) is 4. The van der Waals surface area contributed by atoms with Crippen LogP contribution in [0.2, 0.25) is 10.0 Å². The smallest absolute Gasteiger partial charge is 0.343 e. The van der Waals surface area contributed by atoms with Gasteiger partial charge in [-0.3, -0.25) is 9.59 Å². The summed E-state index contributed by atoms with van der Waals surface area (Å²) in [6, 6.07) is 3.08. The lowest BCUT2D eigenvalue weighted by Crippen LogP contribution is -2.12. The van der Waals surface area contributed by atoms with Crippen molar-refractivity contribution in [2.24, 2.45) is 0 Å². The Morgan fingerprint density at radius 2 is 1.94 bits per heavy atom. The molecular formula is C22H15Cl2F3N6O2S. The molecule has 186 valence electrons. The van der Waals surface area contributed by atoms with Crippen LogP contribution in [-0.4, -0.2) is 36.6 Å². The van der Waals surface area contributed by atoms with Crippen LogP contribution < -0.4 is 5.32 Å². The van der Waals surface area contributed by atoms with Crippen LogP contribution in [0.3, 0.4) is 0 Å². The van der Waals surface area contributed by atoms with E-state index in [4.69, 9.17) is 23.2 Å². The van der Waals surface area contributed by atoms with E-state index in [1.807, 2.05) is 0 Å². The number of carbonyl (C=O) groups is 2. The molecule has 1 atom stereocenters. The maximum atomic E-state index is 13.1. The molecular weight excluding hydrogens is 540 g/mol. The van der Waals surface area contributed by atoms with Gasteiger partial charge in [0.2, 0.25) is 0 Å². The van der Waals surface area contributed by atoms with Crippen LogP contribution in [-0.2, 0) is 6.18 Å². The fraction of sp³-hybridized carbons (Fsp3) is 0.182. The van der Waals surface area contributed by atoms with Gasteiger partial charge in [-0.15, -0.1) is 11.3 Å². The molecule has 0 spiro atoms. The summed E-state index contributed by atoms with van der Waals surface area (Å²) in [4.78, 5) is 44.8. The summed E-state index contributed by atoms with van der Waals surface area (Å²) in [7, 11) is 0. The number of hydrogen-bond donors (Lipinski definition) is 2. The van der Waals surface area contributed by atoms with Gasteiger partial charge in [0.1, 0.15) is 22.6 Å². The summed E-state index contributed by atoms with van der Waals surface area (Å²) in [5.74, 6) is -1.00. The molecule has 3 aromatic heterocycles. The minimum absolute atomic E-state index is 0.00493. The molecule has 0 fully saturated rings. The molecule has 36 heavy (non-hydrogen) atoms. The number of thiazole rings is 1. The lowest BCUT2D eigenvalue weighted by molar-refractivity contribution is -0.137. The molecule has 8 nitrogen and oxygen atoms in total. The summed E-state index contributed by atoms with van der Waals surface area (Å²) in [6.45, 7) is 1.75. The average Bonchev–Trinajstić information content (AvgIpc) is 3.52. The third kappa shape index (κ3) is 5.55. The number of amides is 1. The Labute approximate surface area is 215 Å². The SMILES string of the molecule is C[C@H](CC(=O)c1ncnc(-c2ncc[nH]2)c1Cl)c1ncc(C(=O)Nc2ccc(Cl)c(C(F)(F)F)c2)s1. The van der Waals surface area contributed by atoms with Crippen molar-refractivity contribution in [3.05, 3.63) is 74.3 Å². The fourth-order valence-electron chi connectivity index (χ4n) is 3.22. The standard InChI is InChI=1S/C22H15Cl2F3N6O2S/c1-10(6-14(34)17-16(24)18(32-9-31-17)19-28-4-5-29-19)21-30-8-15(36-21)20(35)33-11-2-3-13(23)12(7-11)22(25,26)27/h2-5,7-10H,6H2,1H3,(H,28,29)(H,33,35)/t10-/m1/s1. The van der Waals surface area contributed by atoms with E-state index < -0.39 is 28.6 Å². The van der Waals surface area contributed by atoms with Crippen molar-refractivity contribution in [3.8, 4) is 11.5 Å². The van der Waals surface area contributed by atoms with Crippen molar-refractivity contribution in [1.29, 1.82) is 0 Å². The molecule has 1 aromatic carbocycles. The van der Waals surface area contributed by atoms with Crippen molar-refractivity contribution < 1.29 is 22.8 Å². The Bertz CT molecular complexity index is 1430. The summed E-state index contributed by atoms with van der Waals surface area (Å²) < 4.78 is 39.2. The molecule has 0 saturated heterocycles. The predicted octanol–water partition coefficient (Wildman–Crippen LogP) is 6.28. The normalized spacial score (nSPS) is 12.4. The van der Waals surface area contributed by atoms with Gasteiger partial charge in [-0.05, 0) is 18.2 Å². The molecule has 0 bridgehead atoms. The van der Waals surface area contributed by atoms with Gasteiger partial charge < -0.3 is 10.3 Å². The van der Waals surface area contributed by atoms with Gasteiger partial charge in [0.15, 0.2) is 11.6 Å². The number of Topliss-reactive ketones (excluding diaryl/α,β-unsaturated/α-hetero) is 1. The second-order valence-corrected chi connectivity index (χ2v) is 9.41. The van der Waals surface area contributed by atoms with Gasteiger partial charge in [0.05, 0.1) is 26.8 Å². The number of H-pyrrole nitrogens is 1. The van der Waals surface area contributed by atoms with Crippen molar-refractivity contribution in [1.82, 2.24) is 24.9 Å². The van der Waals surface area contributed by atoms with Crippen LogP contribution in [0.4, 0.5) is 18.9 Å². The number of halogens is 5. The molecule has 0 saturated carbocycles. The van der Waals surface area contributed by atoms with Crippen LogP contribution in [0.25, 0.3) is 11.5 Å². The van der Waals surface area contributed by atoms with Crippen molar-refractivity contribution in [2.75, 3.05) is 5.32 Å². The van der Waals surface area contributed by atoms with Crippen LogP contribution in [0.15, 0.2) is 43.1 Å². The number of imidazole rings is 1. The number of nitrogens with one attached hydrogen (secondary N) is 2. The van der Waals surface area contributed by atoms with E-state index >= 15 is 0 Å². The first-order valence-corrected chi connectivity index (χ1v) is 11.8.